The van der Waals surface area contributed by atoms with E-state index in [2.05, 4.69) is 27.6 Å². The lowest BCUT2D eigenvalue weighted by Gasteiger charge is -1.97. The van der Waals surface area contributed by atoms with Crippen molar-refractivity contribution in [3.63, 3.8) is 0 Å². The van der Waals surface area contributed by atoms with Crippen LogP contribution in [0.1, 0.15) is 5.56 Å². The molecule has 0 unspecified atom stereocenters. The third-order valence-electron chi connectivity index (χ3n) is 2.11. The molecule has 0 aliphatic heterocycles. The number of aliphatic imine (C=N–C) groups is 1. The minimum atomic E-state index is 0.258. The van der Waals surface area contributed by atoms with Crippen LogP contribution in [-0.4, -0.2) is 11.3 Å². The molecule has 1 N–H and O–H groups in total. The maximum atomic E-state index is 9.13. The quantitative estimate of drug-likeness (QED) is 0.663. The Morgan fingerprint density at radius 3 is 2.38 bits per heavy atom. The van der Waals surface area contributed by atoms with E-state index in [-0.39, 0.29) is 5.75 Å². The molecule has 0 amide bonds. The number of phenols is 1. The Hall–Kier alpha value is -1.36. The van der Waals surface area contributed by atoms with Crippen LogP contribution in [0.25, 0.3) is 0 Å². The van der Waals surface area contributed by atoms with Gasteiger partial charge in [-0.25, -0.2) is 0 Å². The predicted octanol–water partition coefficient (Wildman–Crippen LogP) is 3.75. The lowest BCUT2D eigenvalue weighted by molar-refractivity contribution is 0.475. The van der Waals surface area contributed by atoms with Crippen molar-refractivity contribution < 1.29 is 5.11 Å². The summed E-state index contributed by atoms with van der Waals surface area (Å²) >= 11 is 2.28. The van der Waals surface area contributed by atoms with Crippen LogP contribution in [0.15, 0.2) is 53.5 Å². The molecule has 16 heavy (non-hydrogen) atoms. The Kier molecular flexibility index (Phi) is 3.56. The van der Waals surface area contributed by atoms with Crippen LogP contribution in [-0.2, 0) is 0 Å². The fraction of sp³-hybridized carbons (Fsp3) is 0. The highest BCUT2D eigenvalue weighted by Gasteiger charge is 1.94. The maximum absolute atomic E-state index is 9.13. The summed E-state index contributed by atoms with van der Waals surface area (Å²) in [6.07, 6.45) is 1.83. The van der Waals surface area contributed by atoms with Gasteiger partial charge in [-0.3, -0.25) is 4.99 Å². The normalized spacial score (nSPS) is 10.8. The minimum Gasteiger partial charge on any atom is -0.508 e. The molecule has 0 fully saturated rings. The third kappa shape index (κ3) is 2.82. The van der Waals surface area contributed by atoms with Crippen molar-refractivity contribution in [1.29, 1.82) is 0 Å². The summed E-state index contributed by atoms with van der Waals surface area (Å²) in [6.45, 7) is 0. The van der Waals surface area contributed by atoms with E-state index in [4.69, 9.17) is 5.11 Å². The van der Waals surface area contributed by atoms with Crippen molar-refractivity contribution in [2.24, 2.45) is 4.99 Å². The van der Waals surface area contributed by atoms with E-state index >= 15 is 0 Å². The zero-order chi connectivity index (χ0) is 11.4. The highest BCUT2D eigenvalue weighted by molar-refractivity contribution is 14.1. The van der Waals surface area contributed by atoms with E-state index in [9.17, 15) is 0 Å². The topological polar surface area (TPSA) is 32.6 Å². The van der Waals surface area contributed by atoms with Crippen molar-refractivity contribution in [2.45, 2.75) is 0 Å². The minimum absolute atomic E-state index is 0.258. The van der Waals surface area contributed by atoms with Crippen molar-refractivity contribution in [1.82, 2.24) is 0 Å². The lowest BCUT2D eigenvalue weighted by Crippen LogP contribution is -1.84. The monoisotopic (exact) mass is 323 g/mol. The van der Waals surface area contributed by atoms with Crippen LogP contribution in [0.5, 0.6) is 5.75 Å². The number of hydrogen-bond acceptors (Lipinski definition) is 2. The van der Waals surface area contributed by atoms with Crippen LogP contribution >= 0.6 is 22.6 Å². The number of phenolic OH excluding ortho intramolecular Hbond substituents is 1. The number of nitrogens with zero attached hydrogens (tertiary/aromatic N) is 1. The number of benzene rings is 2. The standard InChI is InChI=1S/C13H10INO/c14-13-4-2-1-3-10(13)9-15-11-5-7-12(16)8-6-11/h1-9,16H. The summed E-state index contributed by atoms with van der Waals surface area (Å²) in [5.41, 5.74) is 1.92. The Bertz CT molecular complexity index is 506. The van der Waals surface area contributed by atoms with Gasteiger partial charge in [-0.1, -0.05) is 18.2 Å². The van der Waals surface area contributed by atoms with Crippen LogP contribution in [0.4, 0.5) is 5.69 Å². The van der Waals surface area contributed by atoms with E-state index in [1.54, 1.807) is 24.3 Å². The van der Waals surface area contributed by atoms with Gasteiger partial charge in [-0.05, 0) is 52.9 Å². The first-order valence-electron chi connectivity index (χ1n) is 4.83. The largest absolute Gasteiger partial charge is 0.508 e. The molecule has 2 rings (SSSR count). The van der Waals surface area contributed by atoms with Gasteiger partial charge in [0.15, 0.2) is 0 Å². The molecule has 2 nitrogen and oxygen atoms in total. The first-order chi connectivity index (χ1) is 7.75. The van der Waals surface area contributed by atoms with Gasteiger partial charge in [0.1, 0.15) is 5.75 Å². The average molecular weight is 323 g/mol. The van der Waals surface area contributed by atoms with Gasteiger partial charge in [-0.2, -0.15) is 0 Å². The van der Waals surface area contributed by atoms with Crippen LogP contribution in [0, 0.1) is 3.57 Å². The molecule has 2 aromatic rings. The Balaban J connectivity index is 2.21. The zero-order valence-electron chi connectivity index (χ0n) is 8.47. The van der Waals surface area contributed by atoms with Gasteiger partial charge in [-0.15, -0.1) is 0 Å². The number of rotatable bonds is 2. The van der Waals surface area contributed by atoms with Gasteiger partial charge in [0.25, 0.3) is 0 Å². The van der Waals surface area contributed by atoms with E-state index < -0.39 is 0 Å². The first kappa shape index (κ1) is 11.1. The summed E-state index contributed by atoms with van der Waals surface area (Å²) in [4.78, 5) is 4.34. The fourth-order valence-electron chi connectivity index (χ4n) is 1.26. The van der Waals surface area contributed by atoms with Gasteiger partial charge in [0, 0.05) is 15.3 Å². The van der Waals surface area contributed by atoms with Crippen molar-refractivity contribution in [3.8, 4) is 5.75 Å². The highest BCUT2D eigenvalue weighted by Crippen LogP contribution is 2.17. The first-order valence-corrected chi connectivity index (χ1v) is 5.91. The van der Waals surface area contributed by atoms with Crippen molar-refractivity contribution in [3.05, 3.63) is 57.7 Å². The van der Waals surface area contributed by atoms with Gasteiger partial charge >= 0.3 is 0 Å². The fourth-order valence-corrected chi connectivity index (χ4v) is 1.79. The molecule has 0 heterocycles. The molecule has 0 aliphatic rings. The SMILES string of the molecule is Oc1ccc(N=Cc2ccccc2I)cc1. The average Bonchev–Trinajstić information content (AvgIpc) is 2.30. The summed E-state index contributed by atoms with van der Waals surface area (Å²) in [5, 5.41) is 9.13. The molecule has 0 bridgehead atoms. The third-order valence-corrected chi connectivity index (χ3v) is 3.09. The van der Waals surface area contributed by atoms with Gasteiger partial charge in [0.05, 0.1) is 5.69 Å². The van der Waals surface area contributed by atoms with E-state index in [0.29, 0.717) is 0 Å². The molecule has 0 atom stereocenters. The zero-order valence-corrected chi connectivity index (χ0v) is 10.6. The van der Waals surface area contributed by atoms with E-state index in [1.807, 2.05) is 30.5 Å². The summed E-state index contributed by atoms with van der Waals surface area (Å²) in [6, 6.07) is 14.9. The predicted molar refractivity (Wildman–Crippen MR) is 74.5 cm³/mol. The molecular formula is C13H10INO. The smallest absolute Gasteiger partial charge is 0.115 e. The Labute approximate surface area is 108 Å². The summed E-state index contributed by atoms with van der Waals surface area (Å²) in [7, 11) is 0. The Morgan fingerprint density at radius 2 is 1.69 bits per heavy atom. The molecule has 2 aromatic carbocycles. The molecule has 0 spiro atoms. The molecule has 0 saturated carbocycles. The molecule has 0 radical (unpaired) electrons. The molecule has 3 heteroatoms. The van der Waals surface area contributed by atoms with Crippen LogP contribution in [0.2, 0.25) is 0 Å². The molecule has 80 valence electrons. The number of halogens is 1. The van der Waals surface area contributed by atoms with Crippen LogP contribution < -0.4 is 0 Å². The molecular weight excluding hydrogens is 313 g/mol. The van der Waals surface area contributed by atoms with Gasteiger partial charge < -0.3 is 5.11 Å². The maximum Gasteiger partial charge on any atom is 0.115 e. The number of aromatic hydroxyl groups is 1. The van der Waals surface area contributed by atoms with Crippen LogP contribution in [0.3, 0.4) is 0 Å². The lowest BCUT2D eigenvalue weighted by atomic mass is 10.2. The number of hydrogen-bond donors (Lipinski definition) is 1. The Morgan fingerprint density at radius 1 is 1.00 bits per heavy atom. The molecule has 0 aromatic heterocycles. The summed E-state index contributed by atoms with van der Waals surface area (Å²) < 4.78 is 1.17. The van der Waals surface area contributed by atoms with Crippen molar-refractivity contribution in [2.75, 3.05) is 0 Å². The second-order valence-electron chi connectivity index (χ2n) is 3.30. The molecule has 0 aliphatic carbocycles. The van der Waals surface area contributed by atoms with Crippen molar-refractivity contribution >= 4 is 34.5 Å². The summed E-state index contributed by atoms with van der Waals surface area (Å²) in [5.74, 6) is 0.258. The second kappa shape index (κ2) is 5.12. The van der Waals surface area contributed by atoms with E-state index in [0.717, 1.165) is 11.3 Å². The second-order valence-corrected chi connectivity index (χ2v) is 4.46. The van der Waals surface area contributed by atoms with Gasteiger partial charge in [0.2, 0.25) is 0 Å². The van der Waals surface area contributed by atoms with E-state index in [1.165, 1.54) is 3.57 Å². The molecule has 0 saturated heterocycles. The highest BCUT2D eigenvalue weighted by atomic mass is 127.